The van der Waals surface area contributed by atoms with E-state index in [-0.39, 0.29) is 16.4 Å². The summed E-state index contributed by atoms with van der Waals surface area (Å²) in [5, 5.41) is 0. The Balaban J connectivity index is 3.18. The van der Waals surface area contributed by atoms with Gasteiger partial charge >= 0.3 is 15.9 Å². The quantitative estimate of drug-likeness (QED) is 0.751. The fourth-order valence-corrected chi connectivity index (χ4v) is 2.98. The molecule has 0 aliphatic heterocycles. The highest BCUT2D eigenvalue weighted by Gasteiger charge is 2.27. The van der Waals surface area contributed by atoms with E-state index in [0.29, 0.717) is 0 Å². The SMILES string of the molecule is CC(C)(C)[O][AlH][O]c1c(C(C)(C)C)cccc1C(C)(C)C. The van der Waals surface area contributed by atoms with Gasteiger partial charge in [-0.3, -0.25) is 0 Å². The van der Waals surface area contributed by atoms with Crippen LogP contribution in [0, 0.1) is 0 Å². The van der Waals surface area contributed by atoms with Gasteiger partial charge in [0.15, 0.2) is 0 Å². The summed E-state index contributed by atoms with van der Waals surface area (Å²) >= 11 is -1.05. The van der Waals surface area contributed by atoms with Gasteiger partial charge in [0.2, 0.25) is 0 Å². The molecule has 0 aliphatic rings. The first-order valence-corrected chi connectivity index (χ1v) is 8.88. The highest BCUT2D eigenvalue weighted by molar-refractivity contribution is 6.19. The lowest BCUT2D eigenvalue weighted by Crippen LogP contribution is -2.27. The standard InChI is InChI=1S/C14H22O.C4H9O.Al.H/c1-13(2,3)10-8-7-9-11(12(10)15)14(4,5)6;1-4(2,3)5;;/h7-9,15H,1-6H3;1-3H3;;/q;-1;+2;/p-1. The van der Waals surface area contributed by atoms with Crippen LogP contribution in [-0.4, -0.2) is 21.5 Å². The van der Waals surface area contributed by atoms with E-state index in [0.717, 1.165) is 5.75 Å². The Kier molecular flexibility index (Phi) is 5.59. The molecule has 0 N–H and O–H groups in total. The van der Waals surface area contributed by atoms with Gasteiger partial charge in [-0.05, 0) is 42.7 Å². The van der Waals surface area contributed by atoms with Crippen LogP contribution in [0.15, 0.2) is 18.2 Å². The number of rotatable bonds is 3. The van der Waals surface area contributed by atoms with Crippen molar-refractivity contribution in [2.75, 3.05) is 0 Å². The van der Waals surface area contributed by atoms with E-state index < -0.39 is 15.9 Å². The molecule has 0 aliphatic carbocycles. The minimum atomic E-state index is -1.05. The van der Waals surface area contributed by atoms with Crippen LogP contribution < -0.4 is 3.79 Å². The average molecular weight is 306 g/mol. The maximum absolute atomic E-state index is 6.21. The maximum Gasteiger partial charge on any atom is 0.741 e. The summed E-state index contributed by atoms with van der Waals surface area (Å²) in [7, 11) is 0. The van der Waals surface area contributed by atoms with Gasteiger partial charge in [-0.25, -0.2) is 0 Å². The zero-order valence-electron chi connectivity index (χ0n) is 15.3. The smallest absolute Gasteiger partial charge is 0.624 e. The van der Waals surface area contributed by atoms with Crippen molar-refractivity contribution in [3.05, 3.63) is 29.3 Å². The van der Waals surface area contributed by atoms with Crippen molar-refractivity contribution >= 4 is 15.9 Å². The maximum atomic E-state index is 6.21. The van der Waals surface area contributed by atoms with Gasteiger partial charge in [0.05, 0.1) is 5.75 Å². The Labute approximate surface area is 137 Å². The van der Waals surface area contributed by atoms with Crippen LogP contribution in [0.3, 0.4) is 0 Å². The van der Waals surface area contributed by atoms with Crippen molar-refractivity contribution in [2.24, 2.45) is 0 Å². The molecule has 0 heterocycles. The van der Waals surface area contributed by atoms with Crippen LogP contribution >= 0.6 is 0 Å². The van der Waals surface area contributed by atoms with Crippen LogP contribution in [0.1, 0.15) is 73.4 Å². The molecule has 0 aromatic heterocycles. The highest BCUT2D eigenvalue weighted by atomic mass is 27.2. The number of hydrogen-bond acceptors (Lipinski definition) is 2. The van der Waals surface area contributed by atoms with Gasteiger partial charge in [0.1, 0.15) is 0 Å². The van der Waals surface area contributed by atoms with Gasteiger partial charge in [0, 0.05) is 5.60 Å². The van der Waals surface area contributed by atoms with Gasteiger partial charge in [-0.15, -0.1) is 0 Å². The molecular weight excluding hydrogens is 275 g/mol. The average Bonchev–Trinajstić information content (AvgIpc) is 2.24. The molecule has 0 radical (unpaired) electrons. The molecule has 0 atom stereocenters. The van der Waals surface area contributed by atoms with Crippen LogP contribution in [0.5, 0.6) is 5.75 Å². The minimum Gasteiger partial charge on any atom is -0.624 e. The van der Waals surface area contributed by atoms with Crippen LogP contribution in [0.4, 0.5) is 0 Å². The number of benzene rings is 1. The summed E-state index contributed by atoms with van der Waals surface area (Å²) in [6.07, 6.45) is 0. The molecule has 0 spiro atoms. The summed E-state index contributed by atoms with van der Waals surface area (Å²) in [5.41, 5.74) is 2.52. The normalized spacial score (nSPS) is 13.2. The predicted molar refractivity (Wildman–Crippen MR) is 92.5 cm³/mol. The van der Waals surface area contributed by atoms with Crippen LogP contribution in [0.2, 0.25) is 0 Å². The summed E-state index contributed by atoms with van der Waals surface area (Å²) < 4.78 is 12.1. The van der Waals surface area contributed by atoms with Crippen molar-refractivity contribution in [3.63, 3.8) is 0 Å². The molecule has 1 rings (SSSR count). The number of para-hydroxylation sites is 1. The summed E-state index contributed by atoms with van der Waals surface area (Å²) in [6.45, 7) is 19.6. The summed E-state index contributed by atoms with van der Waals surface area (Å²) in [5.74, 6) is 1.04. The van der Waals surface area contributed by atoms with Gasteiger partial charge in [-0.2, -0.15) is 0 Å². The molecule has 0 bridgehead atoms. The number of hydrogen-bond donors (Lipinski definition) is 0. The predicted octanol–water partition coefficient (Wildman–Crippen LogP) is 4.74. The lowest BCUT2D eigenvalue weighted by molar-refractivity contribution is 0.118. The molecule has 1 aromatic carbocycles. The van der Waals surface area contributed by atoms with Crippen molar-refractivity contribution in [2.45, 2.75) is 78.7 Å². The topological polar surface area (TPSA) is 18.5 Å². The molecule has 0 amide bonds. The fraction of sp³-hybridized carbons (Fsp3) is 0.667. The second kappa shape index (κ2) is 6.33. The van der Waals surface area contributed by atoms with Crippen molar-refractivity contribution in [3.8, 4) is 5.75 Å². The molecule has 1 aromatic rings. The first kappa shape index (κ1) is 18.6. The molecule has 0 fully saturated rings. The third-order valence-electron chi connectivity index (χ3n) is 3.33. The third-order valence-corrected chi connectivity index (χ3v) is 4.72. The van der Waals surface area contributed by atoms with Crippen molar-refractivity contribution in [1.29, 1.82) is 0 Å². The van der Waals surface area contributed by atoms with E-state index in [1.807, 2.05) is 0 Å². The Morgan fingerprint density at radius 1 is 0.762 bits per heavy atom. The Morgan fingerprint density at radius 2 is 1.19 bits per heavy atom. The summed E-state index contributed by atoms with van der Waals surface area (Å²) in [4.78, 5) is 0. The lowest BCUT2D eigenvalue weighted by atomic mass is 9.80. The first-order valence-electron chi connectivity index (χ1n) is 7.73. The molecule has 2 nitrogen and oxygen atoms in total. The monoisotopic (exact) mass is 306 g/mol. The van der Waals surface area contributed by atoms with E-state index in [4.69, 9.17) is 7.58 Å². The van der Waals surface area contributed by atoms with Crippen molar-refractivity contribution in [1.82, 2.24) is 0 Å². The lowest BCUT2D eigenvalue weighted by Gasteiger charge is -2.31. The molecule has 0 unspecified atom stereocenters. The zero-order valence-corrected chi connectivity index (χ0v) is 16.7. The van der Waals surface area contributed by atoms with Crippen LogP contribution in [0.25, 0.3) is 0 Å². The van der Waals surface area contributed by atoms with E-state index in [9.17, 15) is 0 Å². The van der Waals surface area contributed by atoms with E-state index in [1.165, 1.54) is 11.1 Å². The van der Waals surface area contributed by atoms with E-state index in [1.54, 1.807) is 0 Å². The van der Waals surface area contributed by atoms with E-state index in [2.05, 4.69) is 80.5 Å². The first-order chi connectivity index (χ1) is 9.32. The zero-order chi connectivity index (χ0) is 16.5. The molecule has 21 heavy (non-hydrogen) atoms. The minimum absolute atomic E-state index is 0.0622. The van der Waals surface area contributed by atoms with Gasteiger partial charge < -0.3 is 7.58 Å². The molecular formula is C18H31AlO2. The van der Waals surface area contributed by atoms with E-state index >= 15 is 0 Å². The second-order valence-electron chi connectivity index (χ2n) is 8.70. The van der Waals surface area contributed by atoms with Gasteiger partial charge in [0.25, 0.3) is 0 Å². The highest BCUT2D eigenvalue weighted by Crippen LogP contribution is 2.39. The van der Waals surface area contributed by atoms with Crippen molar-refractivity contribution < 1.29 is 7.58 Å². The molecule has 118 valence electrons. The van der Waals surface area contributed by atoms with Crippen LogP contribution in [-0.2, 0) is 14.6 Å². The van der Waals surface area contributed by atoms with Gasteiger partial charge in [-0.1, -0.05) is 59.7 Å². The fourth-order valence-electron chi connectivity index (χ4n) is 2.14. The Morgan fingerprint density at radius 3 is 1.52 bits per heavy atom. The summed E-state index contributed by atoms with van der Waals surface area (Å²) in [6, 6.07) is 6.49. The second-order valence-corrected chi connectivity index (χ2v) is 9.51. The Hall–Kier alpha value is -0.488. The third kappa shape index (κ3) is 5.66. The molecule has 0 saturated carbocycles. The molecule has 3 heteroatoms. The largest absolute Gasteiger partial charge is 0.741 e. The molecule has 0 saturated heterocycles. The Bertz CT molecular complexity index is 441.